The minimum absolute atomic E-state index is 0.0411. The molecule has 0 heterocycles. The second-order valence-corrected chi connectivity index (χ2v) is 7.31. The Morgan fingerprint density at radius 1 is 0.714 bits per heavy atom. The van der Waals surface area contributed by atoms with E-state index < -0.39 is 7.60 Å². The predicted molar refractivity (Wildman–Crippen MR) is 85.8 cm³/mol. The molecule has 0 radical (unpaired) electrons. The van der Waals surface area contributed by atoms with E-state index in [1.807, 2.05) is 0 Å². The number of rotatable bonds is 16. The first-order chi connectivity index (χ1) is 10.1. The van der Waals surface area contributed by atoms with Gasteiger partial charge >= 0.3 is 7.60 Å². The summed E-state index contributed by atoms with van der Waals surface area (Å²) in [6.07, 6.45) is 11.3. The Morgan fingerprint density at radius 2 is 1.19 bits per heavy atom. The maximum atomic E-state index is 10.6. The molecule has 5 nitrogen and oxygen atoms in total. The number of hydrogen-bond donors (Lipinski definition) is 2. The quantitative estimate of drug-likeness (QED) is 0.334. The maximum Gasteiger partial charge on any atom is 0.325 e. The van der Waals surface area contributed by atoms with Crippen molar-refractivity contribution in [1.82, 2.24) is 0 Å². The molecule has 6 heteroatoms. The highest BCUT2D eigenvalue weighted by Crippen LogP contribution is 2.35. The van der Waals surface area contributed by atoms with Crippen LogP contribution < -0.4 is 0 Å². The summed E-state index contributed by atoms with van der Waals surface area (Å²) < 4.78 is 20.9. The summed E-state index contributed by atoms with van der Waals surface area (Å²) >= 11 is 0. The Bertz CT molecular complexity index is 254. The molecule has 0 fully saturated rings. The van der Waals surface area contributed by atoms with E-state index in [9.17, 15) is 4.57 Å². The Kier molecular flexibility index (Phi) is 15.0. The van der Waals surface area contributed by atoms with E-state index in [-0.39, 0.29) is 6.16 Å². The van der Waals surface area contributed by atoms with Gasteiger partial charge < -0.3 is 19.3 Å². The molecule has 0 aliphatic heterocycles. The molecule has 21 heavy (non-hydrogen) atoms. The Balaban J connectivity index is 3.01. The molecule has 0 rings (SSSR count). The van der Waals surface area contributed by atoms with Crippen LogP contribution in [0.3, 0.4) is 0 Å². The van der Waals surface area contributed by atoms with Crippen LogP contribution in [0.1, 0.15) is 64.2 Å². The summed E-state index contributed by atoms with van der Waals surface area (Å²) in [5.41, 5.74) is 0. The van der Waals surface area contributed by atoms with Crippen molar-refractivity contribution in [3.8, 4) is 0 Å². The molecule has 0 saturated carbocycles. The third-order valence-electron chi connectivity index (χ3n) is 3.42. The minimum Gasteiger partial charge on any atom is -0.382 e. The molecule has 0 aromatic carbocycles. The first kappa shape index (κ1) is 21.1. The zero-order chi connectivity index (χ0) is 15.8. The predicted octanol–water partition coefficient (Wildman–Crippen LogP) is 3.73. The number of unbranched alkanes of at least 4 members (excludes halogenated alkanes) is 9. The molecule has 0 amide bonds. The highest BCUT2D eigenvalue weighted by atomic mass is 31.2. The van der Waals surface area contributed by atoms with Crippen LogP contribution in [0.4, 0.5) is 0 Å². The van der Waals surface area contributed by atoms with Gasteiger partial charge in [-0.15, -0.1) is 0 Å². The normalized spacial score (nSPS) is 12.0. The second-order valence-electron chi connectivity index (χ2n) is 5.53. The van der Waals surface area contributed by atoms with Crippen molar-refractivity contribution < 1.29 is 23.8 Å². The summed E-state index contributed by atoms with van der Waals surface area (Å²) in [6, 6.07) is 0. The standard InChI is InChI=1S/C15H33O5P/c1-19-13-14-20-12-10-8-6-4-2-3-5-7-9-11-15-21(16,17)18/h2-15H2,1H3,(H2,16,17,18). The van der Waals surface area contributed by atoms with E-state index in [1.54, 1.807) is 7.11 Å². The summed E-state index contributed by atoms with van der Waals surface area (Å²) in [4.78, 5) is 17.4. The van der Waals surface area contributed by atoms with Crippen LogP contribution in [-0.2, 0) is 14.0 Å². The van der Waals surface area contributed by atoms with Crippen molar-refractivity contribution in [3.05, 3.63) is 0 Å². The van der Waals surface area contributed by atoms with Gasteiger partial charge in [0.2, 0.25) is 0 Å². The summed E-state index contributed by atoms with van der Waals surface area (Å²) in [7, 11) is -2.09. The molecule has 0 unspecified atom stereocenters. The molecule has 0 spiro atoms. The molecule has 2 N–H and O–H groups in total. The molecular formula is C15H33O5P. The smallest absolute Gasteiger partial charge is 0.325 e. The summed E-state index contributed by atoms with van der Waals surface area (Å²) in [5.74, 6) is 0. The lowest BCUT2D eigenvalue weighted by atomic mass is 10.1. The first-order valence-electron chi connectivity index (χ1n) is 8.17. The molecule has 0 aromatic heterocycles. The number of methoxy groups -OCH3 is 1. The van der Waals surface area contributed by atoms with Crippen LogP contribution in [0.25, 0.3) is 0 Å². The van der Waals surface area contributed by atoms with Crippen molar-refractivity contribution in [2.45, 2.75) is 64.2 Å². The fourth-order valence-corrected chi connectivity index (χ4v) is 2.82. The zero-order valence-corrected chi connectivity index (χ0v) is 14.4. The van der Waals surface area contributed by atoms with Gasteiger partial charge in [-0.1, -0.05) is 51.4 Å². The van der Waals surface area contributed by atoms with Gasteiger partial charge in [-0.2, -0.15) is 0 Å². The van der Waals surface area contributed by atoms with Gasteiger partial charge in [0, 0.05) is 19.9 Å². The first-order valence-corrected chi connectivity index (χ1v) is 9.97. The van der Waals surface area contributed by atoms with Gasteiger partial charge in [-0.25, -0.2) is 0 Å². The number of ether oxygens (including phenoxy) is 2. The largest absolute Gasteiger partial charge is 0.382 e. The highest BCUT2D eigenvalue weighted by molar-refractivity contribution is 7.51. The Hall–Kier alpha value is 0.0700. The maximum absolute atomic E-state index is 10.6. The van der Waals surface area contributed by atoms with Crippen LogP contribution in [-0.4, -0.2) is 42.9 Å². The van der Waals surface area contributed by atoms with E-state index in [2.05, 4.69) is 0 Å². The van der Waals surface area contributed by atoms with Crippen molar-refractivity contribution in [2.24, 2.45) is 0 Å². The van der Waals surface area contributed by atoms with Crippen molar-refractivity contribution >= 4 is 7.60 Å². The van der Waals surface area contributed by atoms with E-state index in [0.29, 0.717) is 19.6 Å². The van der Waals surface area contributed by atoms with Gasteiger partial charge in [-0.3, -0.25) is 4.57 Å². The van der Waals surface area contributed by atoms with Crippen LogP contribution in [0.15, 0.2) is 0 Å². The molecule has 128 valence electrons. The lowest BCUT2D eigenvalue weighted by molar-refractivity contribution is 0.0685. The van der Waals surface area contributed by atoms with Gasteiger partial charge in [0.15, 0.2) is 0 Å². The van der Waals surface area contributed by atoms with Gasteiger partial charge in [-0.05, 0) is 12.8 Å². The van der Waals surface area contributed by atoms with Crippen molar-refractivity contribution in [2.75, 3.05) is 33.1 Å². The van der Waals surface area contributed by atoms with Crippen molar-refractivity contribution in [1.29, 1.82) is 0 Å². The van der Waals surface area contributed by atoms with Crippen LogP contribution >= 0.6 is 7.60 Å². The average molecular weight is 324 g/mol. The van der Waals surface area contributed by atoms with Crippen molar-refractivity contribution in [3.63, 3.8) is 0 Å². The topological polar surface area (TPSA) is 76.0 Å². The molecule has 0 aliphatic rings. The Morgan fingerprint density at radius 3 is 1.67 bits per heavy atom. The number of hydrogen-bond acceptors (Lipinski definition) is 3. The molecule has 0 bridgehead atoms. The molecule has 0 aliphatic carbocycles. The molecule has 0 atom stereocenters. The van der Waals surface area contributed by atoms with Gasteiger partial charge in [0.1, 0.15) is 0 Å². The SMILES string of the molecule is COCCOCCCCCCCCCCCCP(=O)(O)O. The summed E-state index contributed by atoms with van der Waals surface area (Å²) in [6.45, 7) is 2.20. The van der Waals surface area contributed by atoms with Gasteiger partial charge in [0.05, 0.1) is 13.2 Å². The zero-order valence-electron chi connectivity index (χ0n) is 13.5. The lowest BCUT2D eigenvalue weighted by Crippen LogP contribution is -2.02. The highest BCUT2D eigenvalue weighted by Gasteiger charge is 2.10. The monoisotopic (exact) mass is 324 g/mol. The third kappa shape index (κ3) is 20.1. The second kappa shape index (κ2) is 15.0. The minimum atomic E-state index is -3.77. The van der Waals surface area contributed by atoms with Gasteiger partial charge in [0.25, 0.3) is 0 Å². The van der Waals surface area contributed by atoms with E-state index in [4.69, 9.17) is 19.3 Å². The third-order valence-corrected chi connectivity index (χ3v) is 4.32. The fourth-order valence-electron chi connectivity index (χ4n) is 2.18. The summed E-state index contributed by atoms with van der Waals surface area (Å²) in [5, 5.41) is 0. The van der Waals surface area contributed by atoms with Crippen LogP contribution in [0.5, 0.6) is 0 Å². The van der Waals surface area contributed by atoms with E-state index in [0.717, 1.165) is 25.9 Å². The molecular weight excluding hydrogens is 291 g/mol. The fraction of sp³-hybridized carbons (Fsp3) is 1.00. The van der Waals surface area contributed by atoms with Crippen LogP contribution in [0.2, 0.25) is 0 Å². The average Bonchev–Trinajstić information content (AvgIpc) is 2.42. The van der Waals surface area contributed by atoms with Crippen LogP contribution in [0, 0.1) is 0 Å². The lowest BCUT2D eigenvalue weighted by Gasteiger charge is -2.05. The van der Waals surface area contributed by atoms with E-state index in [1.165, 1.54) is 38.5 Å². The molecule has 0 aromatic rings. The van der Waals surface area contributed by atoms with E-state index >= 15 is 0 Å². The molecule has 0 saturated heterocycles. The Labute approximate surface area is 129 Å².